The van der Waals surface area contributed by atoms with Gasteiger partial charge in [0.15, 0.2) is 0 Å². The van der Waals surface area contributed by atoms with E-state index in [-0.39, 0.29) is 11.5 Å². The van der Waals surface area contributed by atoms with Crippen molar-refractivity contribution >= 4 is 22.9 Å². The molecular weight excluding hydrogens is 319 g/mol. The van der Waals surface area contributed by atoms with Crippen LogP contribution in [0.5, 0.6) is 0 Å². The van der Waals surface area contributed by atoms with Crippen LogP contribution in [0, 0.1) is 0 Å². The lowest BCUT2D eigenvalue weighted by Gasteiger charge is -2.14. The Bertz CT molecular complexity index is 928. The van der Waals surface area contributed by atoms with Gasteiger partial charge < -0.3 is 4.57 Å². The SMILES string of the molecule is O=C(c1ccc(C(F)(F)F)cc1)N1CCn2c1nc1ccccc12. The van der Waals surface area contributed by atoms with Gasteiger partial charge in [-0.2, -0.15) is 13.2 Å². The summed E-state index contributed by atoms with van der Waals surface area (Å²) in [4.78, 5) is 18.6. The van der Waals surface area contributed by atoms with Gasteiger partial charge >= 0.3 is 6.18 Å². The molecule has 4 nitrogen and oxygen atoms in total. The first-order chi connectivity index (χ1) is 11.4. The van der Waals surface area contributed by atoms with Crippen LogP contribution in [-0.4, -0.2) is 22.0 Å². The third-order valence-electron chi connectivity index (χ3n) is 4.13. The van der Waals surface area contributed by atoms with E-state index in [1.54, 1.807) is 0 Å². The molecule has 2 aromatic carbocycles. The average Bonchev–Trinajstić information content (AvgIpc) is 3.12. The molecule has 0 spiro atoms. The van der Waals surface area contributed by atoms with Crippen LogP contribution in [0.4, 0.5) is 19.1 Å². The van der Waals surface area contributed by atoms with Crippen LogP contribution in [0.1, 0.15) is 15.9 Å². The summed E-state index contributed by atoms with van der Waals surface area (Å²) in [5.74, 6) is 0.180. The van der Waals surface area contributed by atoms with Gasteiger partial charge in [0.2, 0.25) is 5.95 Å². The van der Waals surface area contributed by atoms with E-state index in [0.717, 1.165) is 23.2 Å². The van der Waals surface area contributed by atoms with E-state index in [9.17, 15) is 18.0 Å². The predicted octanol–water partition coefficient (Wildman–Crippen LogP) is 3.72. The number of aromatic nitrogens is 2. The van der Waals surface area contributed by atoms with Gasteiger partial charge in [0.1, 0.15) is 0 Å². The lowest BCUT2D eigenvalue weighted by atomic mass is 10.1. The molecule has 2 heterocycles. The number of hydrogen-bond donors (Lipinski definition) is 0. The van der Waals surface area contributed by atoms with Crippen LogP contribution in [0.15, 0.2) is 48.5 Å². The van der Waals surface area contributed by atoms with Crippen molar-refractivity contribution in [1.82, 2.24) is 9.55 Å². The maximum atomic E-state index is 12.6. The molecule has 0 N–H and O–H groups in total. The van der Waals surface area contributed by atoms with Gasteiger partial charge in [-0.05, 0) is 36.4 Å². The summed E-state index contributed by atoms with van der Waals surface area (Å²) < 4.78 is 39.8. The molecule has 4 rings (SSSR count). The van der Waals surface area contributed by atoms with Gasteiger partial charge in [0, 0.05) is 18.7 Å². The second-order valence-corrected chi connectivity index (χ2v) is 5.58. The maximum absolute atomic E-state index is 12.6. The van der Waals surface area contributed by atoms with Gasteiger partial charge in [0.05, 0.1) is 16.6 Å². The smallest absolute Gasteiger partial charge is 0.308 e. The first-order valence-corrected chi connectivity index (χ1v) is 7.39. The van der Waals surface area contributed by atoms with Crippen molar-refractivity contribution in [2.45, 2.75) is 12.7 Å². The first kappa shape index (κ1) is 14.7. The Morgan fingerprint density at radius 3 is 2.42 bits per heavy atom. The third-order valence-corrected chi connectivity index (χ3v) is 4.13. The molecule has 0 aliphatic carbocycles. The van der Waals surface area contributed by atoms with Crippen molar-refractivity contribution in [2.75, 3.05) is 11.4 Å². The molecule has 0 saturated carbocycles. The number of alkyl halides is 3. The van der Waals surface area contributed by atoms with E-state index in [1.807, 2.05) is 28.8 Å². The monoisotopic (exact) mass is 331 g/mol. The van der Waals surface area contributed by atoms with E-state index >= 15 is 0 Å². The van der Waals surface area contributed by atoms with E-state index in [1.165, 1.54) is 17.0 Å². The summed E-state index contributed by atoms with van der Waals surface area (Å²) >= 11 is 0. The van der Waals surface area contributed by atoms with Crippen LogP contribution in [0.25, 0.3) is 11.0 Å². The van der Waals surface area contributed by atoms with Gasteiger partial charge in [0.25, 0.3) is 5.91 Å². The van der Waals surface area contributed by atoms with Crippen LogP contribution in [0.3, 0.4) is 0 Å². The van der Waals surface area contributed by atoms with Gasteiger partial charge in [-0.25, -0.2) is 4.98 Å². The summed E-state index contributed by atoms with van der Waals surface area (Å²) in [6.07, 6.45) is -4.41. The van der Waals surface area contributed by atoms with Crippen LogP contribution >= 0.6 is 0 Å². The highest BCUT2D eigenvalue weighted by Crippen LogP contribution is 2.31. The molecule has 7 heteroatoms. The Morgan fingerprint density at radius 1 is 1.00 bits per heavy atom. The Balaban J connectivity index is 1.67. The van der Waals surface area contributed by atoms with Crippen LogP contribution < -0.4 is 4.90 Å². The molecule has 0 fully saturated rings. The van der Waals surface area contributed by atoms with E-state index in [4.69, 9.17) is 0 Å². The number of carbonyl (C=O) groups is 1. The molecule has 0 unspecified atom stereocenters. The fourth-order valence-corrected chi connectivity index (χ4v) is 2.94. The number of fused-ring (bicyclic) bond motifs is 3. The van der Waals surface area contributed by atoms with Gasteiger partial charge in [-0.15, -0.1) is 0 Å². The summed E-state index contributed by atoms with van der Waals surface area (Å²) in [5, 5.41) is 0. The largest absolute Gasteiger partial charge is 0.416 e. The summed E-state index contributed by atoms with van der Waals surface area (Å²) in [6.45, 7) is 1.06. The van der Waals surface area contributed by atoms with Crippen LogP contribution in [0.2, 0.25) is 0 Å². The van der Waals surface area contributed by atoms with Crippen molar-refractivity contribution in [3.63, 3.8) is 0 Å². The fraction of sp³-hybridized carbons (Fsp3) is 0.176. The normalized spacial score (nSPS) is 14.2. The maximum Gasteiger partial charge on any atom is 0.416 e. The molecule has 0 saturated heterocycles. The number of nitrogens with zero attached hydrogens (tertiary/aromatic N) is 3. The minimum absolute atomic E-state index is 0.212. The number of carbonyl (C=O) groups excluding carboxylic acids is 1. The average molecular weight is 331 g/mol. The Hall–Kier alpha value is -2.83. The predicted molar refractivity (Wildman–Crippen MR) is 82.9 cm³/mol. The highest BCUT2D eigenvalue weighted by atomic mass is 19.4. The lowest BCUT2D eigenvalue weighted by molar-refractivity contribution is -0.137. The van der Waals surface area contributed by atoms with Gasteiger partial charge in [-0.3, -0.25) is 9.69 Å². The molecule has 1 amide bonds. The number of benzene rings is 2. The molecular formula is C17H12F3N3O. The van der Waals surface area contributed by atoms with E-state index < -0.39 is 11.7 Å². The quantitative estimate of drug-likeness (QED) is 0.682. The molecule has 122 valence electrons. The summed E-state index contributed by atoms with van der Waals surface area (Å²) in [6, 6.07) is 11.8. The molecule has 1 aliphatic rings. The summed E-state index contributed by atoms with van der Waals surface area (Å²) in [5.41, 5.74) is 1.17. The number of hydrogen-bond acceptors (Lipinski definition) is 2. The standard InChI is InChI=1S/C17H12F3N3O/c18-17(19,20)12-7-5-11(6-8-12)15(24)23-10-9-22-14-4-2-1-3-13(14)21-16(22)23/h1-8H,9-10H2. The number of anilines is 1. The molecule has 1 aliphatic heterocycles. The number of amides is 1. The second-order valence-electron chi connectivity index (χ2n) is 5.58. The highest BCUT2D eigenvalue weighted by molar-refractivity contribution is 6.06. The van der Waals surface area contributed by atoms with E-state index in [2.05, 4.69) is 4.98 Å². The number of halogens is 3. The topological polar surface area (TPSA) is 38.1 Å². The molecule has 0 atom stereocenters. The number of imidazole rings is 1. The van der Waals surface area contributed by atoms with Crippen molar-refractivity contribution in [1.29, 1.82) is 0 Å². The van der Waals surface area contributed by atoms with Crippen molar-refractivity contribution in [3.05, 3.63) is 59.7 Å². The van der Waals surface area contributed by atoms with E-state index in [0.29, 0.717) is 19.0 Å². The Kier molecular flexibility index (Phi) is 3.13. The third kappa shape index (κ3) is 2.24. The zero-order valence-electron chi connectivity index (χ0n) is 12.4. The van der Waals surface area contributed by atoms with Crippen molar-refractivity contribution in [2.24, 2.45) is 0 Å². The van der Waals surface area contributed by atoms with Crippen molar-refractivity contribution in [3.8, 4) is 0 Å². The lowest BCUT2D eigenvalue weighted by Crippen LogP contribution is -2.29. The number of rotatable bonds is 1. The minimum Gasteiger partial charge on any atom is -0.308 e. The zero-order chi connectivity index (χ0) is 16.9. The van der Waals surface area contributed by atoms with Crippen molar-refractivity contribution < 1.29 is 18.0 Å². The molecule has 0 radical (unpaired) electrons. The zero-order valence-corrected chi connectivity index (χ0v) is 12.4. The first-order valence-electron chi connectivity index (χ1n) is 7.39. The molecule has 0 bridgehead atoms. The minimum atomic E-state index is -4.41. The Labute approximate surface area is 135 Å². The van der Waals surface area contributed by atoms with Crippen LogP contribution in [-0.2, 0) is 12.7 Å². The molecule has 24 heavy (non-hydrogen) atoms. The number of para-hydroxylation sites is 2. The summed E-state index contributed by atoms with van der Waals surface area (Å²) in [7, 11) is 0. The Morgan fingerprint density at radius 2 is 1.71 bits per heavy atom. The second kappa shape index (κ2) is 5.09. The molecule has 3 aromatic rings. The molecule has 1 aromatic heterocycles. The fourth-order valence-electron chi connectivity index (χ4n) is 2.94. The van der Waals surface area contributed by atoms with Gasteiger partial charge in [-0.1, -0.05) is 12.1 Å². The highest BCUT2D eigenvalue weighted by Gasteiger charge is 2.32.